The van der Waals surface area contributed by atoms with Crippen LogP contribution < -0.4 is 15.4 Å². The first-order valence-electron chi connectivity index (χ1n) is 9.72. The van der Waals surface area contributed by atoms with E-state index in [9.17, 15) is 4.79 Å². The molecule has 0 aromatic heterocycles. The van der Waals surface area contributed by atoms with Gasteiger partial charge in [0, 0.05) is 39.7 Å². The molecule has 2 rings (SSSR count). The molecule has 0 spiro atoms. The SMILES string of the molecule is COC(CNC(=NCC(=O)N(C)C)NC1CCOc2ccccc21)C(C)(C)C.I. The van der Waals surface area contributed by atoms with Crippen molar-refractivity contribution in [1.82, 2.24) is 15.5 Å². The maximum Gasteiger partial charge on any atom is 0.243 e. The fourth-order valence-electron chi connectivity index (χ4n) is 3.03. The van der Waals surface area contributed by atoms with Gasteiger partial charge in [-0.3, -0.25) is 4.79 Å². The highest BCUT2D eigenvalue weighted by Gasteiger charge is 2.26. The summed E-state index contributed by atoms with van der Waals surface area (Å²) in [6.07, 6.45) is 0.831. The van der Waals surface area contributed by atoms with Crippen LogP contribution in [0, 0.1) is 5.41 Å². The van der Waals surface area contributed by atoms with E-state index in [1.807, 2.05) is 18.2 Å². The van der Waals surface area contributed by atoms with E-state index >= 15 is 0 Å². The Bertz CT molecular complexity index is 689. The second kappa shape index (κ2) is 11.6. The van der Waals surface area contributed by atoms with Crippen molar-refractivity contribution in [3.8, 4) is 5.75 Å². The Labute approximate surface area is 191 Å². The Kier molecular flexibility index (Phi) is 10.2. The van der Waals surface area contributed by atoms with Crippen LogP contribution in [-0.2, 0) is 9.53 Å². The first kappa shape index (κ1) is 25.5. The third kappa shape index (κ3) is 7.65. The lowest BCUT2D eigenvalue weighted by Gasteiger charge is -2.31. The minimum atomic E-state index is -0.0485. The van der Waals surface area contributed by atoms with E-state index in [0.29, 0.717) is 19.1 Å². The van der Waals surface area contributed by atoms with Gasteiger partial charge in [0.1, 0.15) is 12.3 Å². The summed E-state index contributed by atoms with van der Waals surface area (Å²) in [6.45, 7) is 7.72. The lowest BCUT2D eigenvalue weighted by atomic mass is 9.89. The Morgan fingerprint density at radius 2 is 2.03 bits per heavy atom. The molecule has 0 aliphatic carbocycles. The highest BCUT2D eigenvalue weighted by molar-refractivity contribution is 14.0. The summed E-state index contributed by atoms with van der Waals surface area (Å²) >= 11 is 0. The predicted molar refractivity (Wildman–Crippen MR) is 127 cm³/mol. The Morgan fingerprint density at radius 1 is 1.34 bits per heavy atom. The number of benzene rings is 1. The van der Waals surface area contributed by atoms with Gasteiger partial charge in [-0.05, 0) is 11.5 Å². The first-order chi connectivity index (χ1) is 13.2. The van der Waals surface area contributed by atoms with Crippen molar-refractivity contribution < 1.29 is 14.3 Å². The molecule has 0 fully saturated rings. The second-order valence-electron chi connectivity index (χ2n) is 8.30. The number of ether oxygens (including phenoxy) is 2. The van der Waals surface area contributed by atoms with Crippen LogP contribution in [-0.4, -0.2) is 63.8 Å². The van der Waals surface area contributed by atoms with E-state index in [2.05, 4.69) is 42.5 Å². The van der Waals surface area contributed by atoms with E-state index in [0.717, 1.165) is 17.7 Å². The number of carbonyl (C=O) groups is 1. The number of guanidine groups is 1. The van der Waals surface area contributed by atoms with Crippen molar-refractivity contribution >= 4 is 35.8 Å². The molecule has 1 aliphatic rings. The molecule has 0 saturated heterocycles. The van der Waals surface area contributed by atoms with Crippen molar-refractivity contribution in [2.75, 3.05) is 40.9 Å². The molecule has 1 aromatic carbocycles. The van der Waals surface area contributed by atoms with Gasteiger partial charge in [0.25, 0.3) is 0 Å². The summed E-state index contributed by atoms with van der Waals surface area (Å²) in [7, 11) is 5.17. The minimum Gasteiger partial charge on any atom is -0.493 e. The molecule has 7 nitrogen and oxygen atoms in total. The van der Waals surface area contributed by atoms with Crippen LogP contribution in [0.1, 0.15) is 38.8 Å². The lowest BCUT2D eigenvalue weighted by molar-refractivity contribution is -0.127. The van der Waals surface area contributed by atoms with Gasteiger partial charge in [-0.25, -0.2) is 4.99 Å². The van der Waals surface area contributed by atoms with E-state index in [-0.39, 0.29) is 54.0 Å². The molecule has 1 heterocycles. The molecule has 164 valence electrons. The molecule has 29 heavy (non-hydrogen) atoms. The first-order valence-corrected chi connectivity index (χ1v) is 9.72. The zero-order valence-electron chi connectivity index (χ0n) is 18.3. The molecule has 2 N–H and O–H groups in total. The topological polar surface area (TPSA) is 75.2 Å². The molecule has 1 aromatic rings. The third-order valence-electron chi connectivity index (χ3n) is 4.85. The number of rotatable bonds is 6. The van der Waals surface area contributed by atoms with E-state index in [1.54, 1.807) is 21.2 Å². The number of para-hydroxylation sites is 1. The molecule has 0 bridgehead atoms. The summed E-state index contributed by atoms with van der Waals surface area (Å²) in [5.74, 6) is 1.44. The van der Waals surface area contributed by atoms with Gasteiger partial charge < -0.3 is 25.0 Å². The summed E-state index contributed by atoms with van der Waals surface area (Å²) in [5.41, 5.74) is 1.08. The summed E-state index contributed by atoms with van der Waals surface area (Å²) in [5, 5.41) is 6.82. The van der Waals surface area contributed by atoms with Crippen LogP contribution in [0.2, 0.25) is 0 Å². The van der Waals surface area contributed by atoms with E-state index < -0.39 is 0 Å². The number of hydrogen-bond acceptors (Lipinski definition) is 4. The van der Waals surface area contributed by atoms with Crippen molar-refractivity contribution in [2.45, 2.75) is 39.3 Å². The minimum absolute atomic E-state index is 0. The molecule has 1 amide bonds. The zero-order chi connectivity index (χ0) is 20.7. The molecular weight excluding hydrogens is 483 g/mol. The third-order valence-corrected chi connectivity index (χ3v) is 4.85. The van der Waals surface area contributed by atoms with E-state index in [1.165, 1.54) is 4.90 Å². The number of likely N-dealkylation sites (N-methyl/N-ethyl adjacent to an activating group) is 1. The quantitative estimate of drug-likeness (QED) is 0.344. The molecular formula is C21H35IN4O3. The van der Waals surface area contributed by atoms with Crippen LogP contribution >= 0.6 is 24.0 Å². The number of carbonyl (C=O) groups excluding carboxylic acids is 1. The lowest BCUT2D eigenvalue weighted by Crippen LogP contribution is -2.47. The molecule has 0 saturated carbocycles. The Balaban J connectivity index is 0.00000420. The molecule has 1 aliphatic heterocycles. The summed E-state index contributed by atoms with van der Waals surface area (Å²) < 4.78 is 11.4. The van der Waals surface area contributed by atoms with Gasteiger partial charge >= 0.3 is 0 Å². The standard InChI is InChI=1S/C21H34N4O3.HI/c1-21(2,3)18(27-6)13-22-20(23-14-19(26)25(4)5)24-16-11-12-28-17-10-8-7-9-15(16)17;/h7-10,16,18H,11-14H2,1-6H3,(H2,22,23,24);1H. The molecule has 8 heteroatoms. The number of nitrogens with one attached hydrogen (secondary N) is 2. The zero-order valence-corrected chi connectivity index (χ0v) is 20.7. The van der Waals surface area contributed by atoms with Crippen LogP contribution in [0.5, 0.6) is 5.75 Å². The maximum absolute atomic E-state index is 12.0. The number of hydrogen-bond donors (Lipinski definition) is 2. The average Bonchev–Trinajstić information content (AvgIpc) is 2.65. The largest absolute Gasteiger partial charge is 0.493 e. The summed E-state index contributed by atoms with van der Waals surface area (Å²) in [6, 6.07) is 8.08. The van der Waals surface area contributed by atoms with Gasteiger partial charge in [-0.1, -0.05) is 39.0 Å². The highest BCUT2D eigenvalue weighted by Crippen LogP contribution is 2.31. The average molecular weight is 518 g/mol. The number of aliphatic imine (C=N–C) groups is 1. The van der Waals surface area contributed by atoms with Gasteiger partial charge in [0.05, 0.1) is 18.8 Å². The summed E-state index contributed by atoms with van der Waals surface area (Å²) in [4.78, 5) is 18.1. The van der Waals surface area contributed by atoms with Crippen molar-refractivity contribution in [3.05, 3.63) is 29.8 Å². The predicted octanol–water partition coefficient (Wildman–Crippen LogP) is 2.81. The fraction of sp³-hybridized carbons (Fsp3) is 0.619. The number of methoxy groups -OCH3 is 1. The van der Waals surface area contributed by atoms with Crippen LogP contribution in [0.4, 0.5) is 0 Å². The number of halogens is 1. The Hall–Kier alpha value is -1.55. The van der Waals surface area contributed by atoms with Crippen LogP contribution in [0.15, 0.2) is 29.3 Å². The number of fused-ring (bicyclic) bond motifs is 1. The Morgan fingerprint density at radius 3 is 2.66 bits per heavy atom. The van der Waals surface area contributed by atoms with E-state index in [4.69, 9.17) is 9.47 Å². The normalized spacial score (nSPS) is 17.3. The molecule has 2 unspecified atom stereocenters. The van der Waals surface area contributed by atoms with Gasteiger partial charge in [0.2, 0.25) is 5.91 Å². The molecule has 0 radical (unpaired) electrons. The van der Waals surface area contributed by atoms with Crippen molar-refractivity contribution in [1.29, 1.82) is 0 Å². The fourth-order valence-corrected chi connectivity index (χ4v) is 3.03. The maximum atomic E-state index is 12.0. The second-order valence-corrected chi connectivity index (χ2v) is 8.30. The van der Waals surface area contributed by atoms with Crippen LogP contribution in [0.25, 0.3) is 0 Å². The highest BCUT2D eigenvalue weighted by atomic mass is 127. The van der Waals surface area contributed by atoms with Crippen molar-refractivity contribution in [2.24, 2.45) is 10.4 Å². The molecule has 2 atom stereocenters. The van der Waals surface area contributed by atoms with Crippen LogP contribution in [0.3, 0.4) is 0 Å². The number of amides is 1. The smallest absolute Gasteiger partial charge is 0.243 e. The monoisotopic (exact) mass is 518 g/mol. The van der Waals surface area contributed by atoms with Gasteiger partial charge in [0.15, 0.2) is 5.96 Å². The van der Waals surface area contributed by atoms with Gasteiger partial charge in [-0.2, -0.15) is 0 Å². The van der Waals surface area contributed by atoms with Crippen molar-refractivity contribution in [3.63, 3.8) is 0 Å². The van der Waals surface area contributed by atoms with Gasteiger partial charge in [-0.15, -0.1) is 24.0 Å². The number of nitrogens with zero attached hydrogens (tertiary/aromatic N) is 2.